The maximum Gasteiger partial charge on any atom is 0.247 e. The van der Waals surface area contributed by atoms with E-state index in [1.165, 1.54) is 5.56 Å². The van der Waals surface area contributed by atoms with Crippen LogP contribution >= 0.6 is 0 Å². The topological polar surface area (TPSA) is 55.6 Å². The van der Waals surface area contributed by atoms with E-state index in [4.69, 9.17) is 10.5 Å². The number of primary amides is 1. The highest BCUT2D eigenvalue weighted by atomic mass is 16.5. The van der Waals surface area contributed by atoms with Gasteiger partial charge in [0.25, 0.3) is 0 Å². The van der Waals surface area contributed by atoms with Gasteiger partial charge in [0.2, 0.25) is 5.91 Å². The summed E-state index contributed by atoms with van der Waals surface area (Å²) in [5.74, 6) is -0.377. The first kappa shape index (κ1) is 11.1. The van der Waals surface area contributed by atoms with Crippen LogP contribution in [0.2, 0.25) is 0 Å². The summed E-state index contributed by atoms with van der Waals surface area (Å²) in [6, 6.07) is 10.2. The van der Waals surface area contributed by atoms with E-state index in [2.05, 4.69) is 17.0 Å². The number of nitrogens with zero attached hydrogens (tertiary/aromatic N) is 1. The summed E-state index contributed by atoms with van der Waals surface area (Å²) in [7, 11) is 0. The summed E-state index contributed by atoms with van der Waals surface area (Å²) in [6.07, 6.45) is -0.461. The van der Waals surface area contributed by atoms with Crippen LogP contribution in [0.15, 0.2) is 30.3 Å². The van der Waals surface area contributed by atoms with Crippen molar-refractivity contribution in [2.45, 2.75) is 12.6 Å². The van der Waals surface area contributed by atoms with Crippen LogP contribution in [0.5, 0.6) is 0 Å². The average molecular weight is 220 g/mol. The third kappa shape index (κ3) is 2.81. The van der Waals surface area contributed by atoms with Crippen molar-refractivity contribution in [1.82, 2.24) is 4.90 Å². The number of carbonyl (C=O) groups is 1. The van der Waals surface area contributed by atoms with E-state index < -0.39 is 6.10 Å². The molecule has 0 unspecified atom stereocenters. The highest BCUT2D eigenvalue weighted by Crippen LogP contribution is 2.09. The molecule has 2 rings (SSSR count). The molecule has 0 radical (unpaired) electrons. The van der Waals surface area contributed by atoms with Crippen molar-refractivity contribution in [3.8, 4) is 0 Å². The molecule has 0 aliphatic carbocycles. The van der Waals surface area contributed by atoms with Crippen LogP contribution in [0.4, 0.5) is 0 Å². The normalized spacial score (nSPS) is 21.9. The van der Waals surface area contributed by atoms with Crippen LogP contribution in [0.1, 0.15) is 5.56 Å². The van der Waals surface area contributed by atoms with Gasteiger partial charge in [-0.3, -0.25) is 9.69 Å². The summed E-state index contributed by atoms with van der Waals surface area (Å²) >= 11 is 0. The van der Waals surface area contributed by atoms with E-state index in [-0.39, 0.29) is 5.91 Å². The van der Waals surface area contributed by atoms with E-state index in [1.54, 1.807) is 0 Å². The minimum atomic E-state index is -0.461. The molecule has 1 aromatic rings. The lowest BCUT2D eigenvalue weighted by molar-refractivity contribution is -0.135. The van der Waals surface area contributed by atoms with E-state index in [0.29, 0.717) is 13.2 Å². The fourth-order valence-electron chi connectivity index (χ4n) is 1.86. The zero-order valence-corrected chi connectivity index (χ0v) is 9.13. The molecule has 1 saturated heterocycles. The van der Waals surface area contributed by atoms with E-state index in [9.17, 15) is 4.79 Å². The molecule has 0 spiro atoms. The van der Waals surface area contributed by atoms with Gasteiger partial charge in [-0.05, 0) is 5.56 Å². The predicted molar refractivity (Wildman–Crippen MR) is 60.7 cm³/mol. The molecular formula is C12H16N2O2. The fraction of sp³-hybridized carbons (Fsp3) is 0.417. The van der Waals surface area contributed by atoms with Crippen molar-refractivity contribution in [2.24, 2.45) is 5.73 Å². The van der Waals surface area contributed by atoms with Gasteiger partial charge in [0.1, 0.15) is 6.10 Å². The molecule has 1 aromatic carbocycles. The molecule has 86 valence electrons. The molecule has 1 atom stereocenters. The fourth-order valence-corrected chi connectivity index (χ4v) is 1.86. The lowest BCUT2D eigenvalue weighted by Gasteiger charge is -2.31. The SMILES string of the molecule is NC(=O)[C@@H]1CN(Cc2ccccc2)CCO1. The molecule has 4 heteroatoms. The maximum absolute atomic E-state index is 11.0. The summed E-state index contributed by atoms with van der Waals surface area (Å²) in [4.78, 5) is 13.2. The van der Waals surface area contributed by atoms with Gasteiger partial charge in [0.05, 0.1) is 6.61 Å². The molecule has 1 heterocycles. The molecule has 1 fully saturated rings. The largest absolute Gasteiger partial charge is 0.367 e. The second-order valence-corrected chi connectivity index (χ2v) is 3.98. The highest BCUT2D eigenvalue weighted by Gasteiger charge is 2.24. The smallest absolute Gasteiger partial charge is 0.247 e. The van der Waals surface area contributed by atoms with E-state index in [1.807, 2.05) is 18.2 Å². The zero-order valence-electron chi connectivity index (χ0n) is 9.13. The Bertz CT molecular complexity index is 353. The van der Waals surface area contributed by atoms with Gasteiger partial charge in [-0.15, -0.1) is 0 Å². The van der Waals surface area contributed by atoms with Crippen molar-refractivity contribution < 1.29 is 9.53 Å². The molecule has 1 aliphatic heterocycles. The summed E-state index contributed by atoms with van der Waals surface area (Å²) in [5, 5.41) is 0. The van der Waals surface area contributed by atoms with E-state index >= 15 is 0 Å². The Kier molecular flexibility index (Phi) is 3.54. The van der Waals surface area contributed by atoms with Crippen LogP contribution in [0.25, 0.3) is 0 Å². The molecule has 4 nitrogen and oxygen atoms in total. The summed E-state index contributed by atoms with van der Waals surface area (Å²) in [6.45, 7) is 2.84. The van der Waals surface area contributed by atoms with Crippen molar-refractivity contribution in [3.05, 3.63) is 35.9 Å². The van der Waals surface area contributed by atoms with Crippen molar-refractivity contribution in [3.63, 3.8) is 0 Å². The summed E-state index contributed by atoms with van der Waals surface area (Å²) < 4.78 is 5.29. The lowest BCUT2D eigenvalue weighted by atomic mass is 10.2. The second kappa shape index (κ2) is 5.09. The predicted octanol–water partition coefficient (Wildman–Crippen LogP) is 0.373. The monoisotopic (exact) mass is 220 g/mol. The first-order chi connectivity index (χ1) is 7.75. The highest BCUT2D eigenvalue weighted by molar-refractivity contribution is 5.79. The van der Waals surface area contributed by atoms with Crippen LogP contribution in [0.3, 0.4) is 0 Å². The number of hydrogen-bond acceptors (Lipinski definition) is 3. The van der Waals surface area contributed by atoms with Gasteiger partial charge in [-0.1, -0.05) is 30.3 Å². The first-order valence-corrected chi connectivity index (χ1v) is 5.43. The Labute approximate surface area is 95.0 Å². The van der Waals surface area contributed by atoms with Gasteiger partial charge in [0.15, 0.2) is 0 Å². The molecule has 0 bridgehead atoms. The van der Waals surface area contributed by atoms with Crippen molar-refractivity contribution in [2.75, 3.05) is 19.7 Å². The Morgan fingerprint density at radius 1 is 1.44 bits per heavy atom. The van der Waals surface area contributed by atoms with Crippen molar-refractivity contribution >= 4 is 5.91 Å². The summed E-state index contributed by atoms with van der Waals surface area (Å²) in [5.41, 5.74) is 6.48. The number of amides is 1. The van der Waals surface area contributed by atoms with Gasteiger partial charge < -0.3 is 10.5 Å². The number of carbonyl (C=O) groups excluding carboxylic acids is 1. The first-order valence-electron chi connectivity index (χ1n) is 5.43. The standard InChI is InChI=1S/C12H16N2O2/c13-12(15)11-9-14(6-7-16-11)8-10-4-2-1-3-5-10/h1-5,11H,6-9H2,(H2,13,15)/t11-/m0/s1. The molecular weight excluding hydrogens is 204 g/mol. The zero-order chi connectivity index (χ0) is 11.4. The van der Waals surface area contributed by atoms with Crippen LogP contribution in [0, 0.1) is 0 Å². The number of ether oxygens (including phenoxy) is 1. The van der Waals surface area contributed by atoms with Gasteiger partial charge >= 0.3 is 0 Å². The van der Waals surface area contributed by atoms with Crippen LogP contribution < -0.4 is 5.73 Å². The Hall–Kier alpha value is -1.39. The minimum Gasteiger partial charge on any atom is -0.367 e. The number of hydrogen-bond donors (Lipinski definition) is 1. The Morgan fingerprint density at radius 2 is 2.19 bits per heavy atom. The molecule has 1 amide bonds. The lowest BCUT2D eigenvalue weighted by Crippen LogP contribution is -2.47. The molecule has 1 aliphatic rings. The molecule has 0 aromatic heterocycles. The van der Waals surface area contributed by atoms with Gasteiger partial charge in [-0.25, -0.2) is 0 Å². The Morgan fingerprint density at radius 3 is 2.88 bits per heavy atom. The number of morpholine rings is 1. The molecule has 16 heavy (non-hydrogen) atoms. The average Bonchev–Trinajstić information content (AvgIpc) is 2.30. The minimum absolute atomic E-state index is 0.377. The number of rotatable bonds is 3. The van der Waals surface area contributed by atoms with Crippen molar-refractivity contribution in [1.29, 1.82) is 0 Å². The maximum atomic E-state index is 11.0. The number of benzene rings is 1. The van der Waals surface area contributed by atoms with Crippen LogP contribution in [-0.4, -0.2) is 36.6 Å². The second-order valence-electron chi connectivity index (χ2n) is 3.98. The number of nitrogens with two attached hydrogens (primary N) is 1. The van der Waals surface area contributed by atoms with Gasteiger partial charge in [0, 0.05) is 19.6 Å². The third-order valence-corrected chi connectivity index (χ3v) is 2.72. The third-order valence-electron chi connectivity index (χ3n) is 2.72. The molecule has 0 saturated carbocycles. The van der Waals surface area contributed by atoms with Gasteiger partial charge in [-0.2, -0.15) is 0 Å². The quantitative estimate of drug-likeness (QED) is 0.801. The Balaban J connectivity index is 1.93. The van der Waals surface area contributed by atoms with Crippen LogP contribution in [-0.2, 0) is 16.1 Å². The molecule has 2 N–H and O–H groups in total. The van der Waals surface area contributed by atoms with E-state index in [0.717, 1.165) is 13.1 Å².